The molecule has 1 aromatic rings. The van der Waals surface area contributed by atoms with Gasteiger partial charge in [-0.1, -0.05) is 6.92 Å². The summed E-state index contributed by atoms with van der Waals surface area (Å²) in [5.74, 6) is 8.45. The third-order valence-electron chi connectivity index (χ3n) is 1.99. The first kappa shape index (κ1) is 22.7. The van der Waals surface area contributed by atoms with Gasteiger partial charge in [-0.25, -0.2) is 0 Å². The fraction of sp³-hybridized carbons (Fsp3) is 0.400. The van der Waals surface area contributed by atoms with Crippen molar-refractivity contribution in [1.29, 1.82) is 5.26 Å². The maximum Gasteiger partial charge on any atom is 1.00 e. The van der Waals surface area contributed by atoms with E-state index in [4.69, 9.17) is 11.0 Å². The summed E-state index contributed by atoms with van der Waals surface area (Å²) in [5.41, 5.74) is 7.75. The van der Waals surface area contributed by atoms with Crippen molar-refractivity contribution in [3.63, 3.8) is 0 Å². The molecule has 0 aliphatic carbocycles. The molecule has 0 aromatic carbocycles. The molecule has 0 fully saturated rings. The summed E-state index contributed by atoms with van der Waals surface area (Å²) in [6, 6.07) is 1.73. The Morgan fingerprint density at radius 1 is 1.33 bits per heavy atom. The summed E-state index contributed by atoms with van der Waals surface area (Å²) >= 11 is 0. The third kappa shape index (κ3) is 9.61. The molecule has 0 unspecified atom stereocenters. The van der Waals surface area contributed by atoms with Gasteiger partial charge in [0.1, 0.15) is 5.82 Å². The number of allylic oxidation sites excluding steroid dienone is 2. The van der Waals surface area contributed by atoms with Gasteiger partial charge in [0.2, 0.25) is 0 Å². The zero-order chi connectivity index (χ0) is 14.0. The van der Waals surface area contributed by atoms with E-state index < -0.39 is 0 Å². The van der Waals surface area contributed by atoms with Crippen molar-refractivity contribution in [3.05, 3.63) is 22.6 Å². The molecule has 1 heterocycles. The van der Waals surface area contributed by atoms with Crippen molar-refractivity contribution in [2.75, 3.05) is 5.73 Å². The third-order valence-corrected chi connectivity index (χ3v) is 1.99. The summed E-state index contributed by atoms with van der Waals surface area (Å²) in [7, 11) is 0. The van der Waals surface area contributed by atoms with Gasteiger partial charge in [-0.15, -0.1) is 5.76 Å². The van der Waals surface area contributed by atoms with Crippen molar-refractivity contribution in [3.8, 4) is 6.07 Å². The van der Waals surface area contributed by atoms with Crippen molar-refractivity contribution in [1.82, 2.24) is 10.2 Å². The number of aromatic amines is 1. The van der Waals surface area contributed by atoms with Crippen LogP contribution in [0.3, 0.4) is 0 Å². The van der Waals surface area contributed by atoms with Gasteiger partial charge in [0.05, 0.1) is 6.07 Å². The number of aryl methyl sites for hydroxylation is 1. The molecule has 0 saturated heterocycles. The Kier molecular flexibility index (Phi) is 16.5. The second-order valence-electron chi connectivity index (χ2n) is 3.15. The molecule has 1 aromatic heterocycles. The van der Waals surface area contributed by atoms with Crippen molar-refractivity contribution < 1.29 is 56.5 Å². The maximum atomic E-state index is 10.1. The molecular formula is C10H19KN6O. The van der Waals surface area contributed by atoms with Crippen LogP contribution < -0.4 is 73.9 Å². The van der Waals surface area contributed by atoms with Crippen molar-refractivity contribution in [2.24, 2.45) is 11.7 Å². The van der Waals surface area contributed by atoms with Gasteiger partial charge >= 0.3 is 51.4 Å². The fourth-order valence-electron chi connectivity index (χ4n) is 0.583. The number of hydrazine groups is 1. The first-order chi connectivity index (χ1) is 7.90. The summed E-state index contributed by atoms with van der Waals surface area (Å²) in [6.07, 6.45) is 0. The van der Waals surface area contributed by atoms with Crippen molar-refractivity contribution in [2.45, 2.75) is 27.7 Å². The molecule has 7 nitrogen and oxygen atoms in total. The van der Waals surface area contributed by atoms with Gasteiger partial charge in [-0.2, -0.15) is 10.4 Å². The van der Waals surface area contributed by atoms with Crippen molar-refractivity contribution >= 4 is 5.82 Å². The number of nitrogens with one attached hydrogen (secondary N) is 1. The smallest absolute Gasteiger partial charge is 0.875 e. The zero-order valence-electron chi connectivity index (χ0n) is 11.5. The van der Waals surface area contributed by atoms with Gasteiger partial charge in [0.15, 0.2) is 0 Å². The van der Waals surface area contributed by atoms with Gasteiger partial charge < -0.3 is 10.8 Å². The van der Waals surface area contributed by atoms with Crippen LogP contribution in [0.2, 0.25) is 0 Å². The fourth-order valence-corrected chi connectivity index (χ4v) is 0.583. The van der Waals surface area contributed by atoms with E-state index in [1.54, 1.807) is 6.07 Å². The molecule has 0 atom stereocenters. The average molecular weight is 278 g/mol. The predicted molar refractivity (Wildman–Crippen MR) is 64.8 cm³/mol. The number of nitriles is 1. The molecule has 0 aliphatic heterocycles. The molecule has 7 N–H and O–H groups in total. The Balaban J connectivity index is -0.000000211. The minimum atomic E-state index is -0.150. The Bertz CT molecular complexity index is 383. The Morgan fingerprint density at radius 2 is 1.78 bits per heavy atom. The summed E-state index contributed by atoms with van der Waals surface area (Å²) in [5, 5.41) is 24.6. The molecule has 0 radical (unpaired) electrons. The summed E-state index contributed by atoms with van der Waals surface area (Å²) < 4.78 is 0. The van der Waals surface area contributed by atoms with Gasteiger partial charge in [-0.05, 0) is 20.8 Å². The Hall–Kier alpha value is -0.404. The average Bonchev–Trinajstić information content (AvgIpc) is 2.62. The Morgan fingerprint density at radius 3 is 1.83 bits per heavy atom. The molecule has 0 spiro atoms. The quantitative estimate of drug-likeness (QED) is 0.127. The second kappa shape index (κ2) is 13.0. The van der Waals surface area contributed by atoms with Crippen LogP contribution in [0.1, 0.15) is 25.1 Å². The molecule has 8 heteroatoms. The van der Waals surface area contributed by atoms with Crippen LogP contribution in [0.25, 0.3) is 0 Å². The SMILES string of the molecule is C/C([O-])=C(\C)C#N.Cc1[nH]nc(N)c1C.NN.[K+]. The first-order valence-corrected chi connectivity index (χ1v) is 4.75. The van der Waals surface area contributed by atoms with Crippen LogP contribution in [0, 0.1) is 25.2 Å². The van der Waals surface area contributed by atoms with Crippen LogP contribution in [-0.4, -0.2) is 10.2 Å². The number of aromatic nitrogens is 2. The summed E-state index contributed by atoms with van der Waals surface area (Å²) in [6.45, 7) is 6.76. The molecule has 1 rings (SSSR count). The summed E-state index contributed by atoms with van der Waals surface area (Å²) in [4.78, 5) is 0. The predicted octanol–water partition coefficient (Wildman–Crippen LogP) is -3.40. The Labute approximate surface area is 150 Å². The number of H-pyrrole nitrogens is 1. The molecule has 0 amide bonds. The molecule has 0 aliphatic rings. The van der Waals surface area contributed by atoms with E-state index in [9.17, 15) is 5.11 Å². The van der Waals surface area contributed by atoms with Gasteiger partial charge in [-0.3, -0.25) is 16.8 Å². The van der Waals surface area contributed by atoms with Gasteiger partial charge in [0, 0.05) is 16.8 Å². The van der Waals surface area contributed by atoms with Gasteiger partial charge in [0.25, 0.3) is 0 Å². The van der Waals surface area contributed by atoms with E-state index in [2.05, 4.69) is 21.9 Å². The van der Waals surface area contributed by atoms with E-state index in [0.717, 1.165) is 11.3 Å². The largest absolute Gasteiger partial charge is 1.00 e. The minimum Gasteiger partial charge on any atom is -0.875 e. The number of anilines is 1. The number of nitrogens with zero attached hydrogens (tertiary/aromatic N) is 2. The monoisotopic (exact) mass is 278 g/mol. The number of hydrogen-bond acceptors (Lipinski definition) is 6. The first-order valence-electron chi connectivity index (χ1n) is 4.75. The van der Waals surface area contributed by atoms with E-state index in [1.807, 2.05) is 13.8 Å². The molecule has 96 valence electrons. The van der Waals surface area contributed by atoms with E-state index >= 15 is 0 Å². The van der Waals surface area contributed by atoms with Crippen LogP contribution in [-0.2, 0) is 0 Å². The molecule has 0 bridgehead atoms. The van der Waals surface area contributed by atoms with E-state index in [0.29, 0.717) is 5.82 Å². The van der Waals surface area contributed by atoms with E-state index in [-0.39, 0.29) is 62.7 Å². The van der Waals surface area contributed by atoms with Crippen LogP contribution >= 0.6 is 0 Å². The number of hydrogen-bond donors (Lipinski definition) is 4. The maximum absolute atomic E-state index is 10.1. The second-order valence-corrected chi connectivity index (χ2v) is 3.15. The van der Waals surface area contributed by atoms with E-state index in [1.165, 1.54) is 13.8 Å². The molecule has 18 heavy (non-hydrogen) atoms. The minimum absolute atomic E-state index is 0. The van der Waals surface area contributed by atoms with Crippen LogP contribution in [0.4, 0.5) is 5.82 Å². The standard InChI is InChI=1S/C5H9N3.C5H7NO.K.H4N2/c1-3-4(2)7-8-5(3)6;1-4(3-6)5(2)7;;1-2/h1-2H3,(H3,6,7,8);7H,1-2H3;;1-2H2/q;;+1;/p-1/b;5-4-;;. The molecular weight excluding hydrogens is 259 g/mol. The number of nitrogen functional groups attached to an aromatic ring is 1. The number of nitrogens with two attached hydrogens (primary N) is 3. The van der Waals surface area contributed by atoms with Crippen LogP contribution in [0.5, 0.6) is 0 Å². The van der Waals surface area contributed by atoms with Crippen LogP contribution in [0.15, 0.2) is 11.3 Å². The number of rotatable bonds is 0. The zero-order valence-corrected chi connectivity index (χ0v) is 14.7. The topological polar surface area (TPSA) is 154 Å². The normalized spacial score (nSPS) is 9.39. The molecule has 0 saturated carbocycles.